The van der Waals surface area contributed by atoms with Crippen molar-refractivity contribution in [3.63, 3.8) is 0 Å². The number of benzene rings is 2. The van der Waals surface area contributed by atoms with E-state index in [1.54, 1.807) is 24.1 Å². The number of hydrogen-bond acceptors (Lipinski definition) is 8. The molecule has 2 fully saturated rings. The molecule has 5 rings (SSSR count). The van der Waals surface area contributed by atoms with Crippen molar-refractivity contribution in [3.8, 4) is 11.5 Å². The molecule has 2 heterocycles. The molecular weight excluding hydrogens is 468 g/mol. The van der Waals surface area contributed by atoms with Crippen LogP contribution in [0.25, 0.3) is 10.9 Å². The van der Waals surface area contributed by atoms with E-state index >= 15 is 0 Å². The van der Waals surface area contributed by atoms with Crippen molar-refractivity contribution in [2.24, 2.45) is 0 Å². The summed E-state index contributed by atoms with van der Waals surface area (Å²) in [5.74, 6) is 2.09. The van der Waals surface area contributed by atoms with Crippen molar-refractivity contribution in [1.29, 1.82) is 0 Å². The minimum atomic E-state index is -0.364. The molecule has 1 atom stereocenters. The van der Waals surface area contributed by atoms with Gasteiger partial charge < -0.3 is 25.4 Å². The average Bonchev–Trinajstić information content (AvgIpc) is 2.82. The van der Waals surface area contributed by atoms with E-state index in [4.69, 9.17) is 15.2 Å². The van der Waals surface area contributed by atoms with E-state index in [9.17, 15) is 4.79 Å². The number of anilines is 2. The topological polar surface area (TPSA) is 106 Å². The monoisotopic (exact) mass is 504 g/mol. The lowest BCUT2D eigenvalue weighted by molar-refractivity contribution is 0.0618. The lowest BCUT2D eigenvalue weighted by Gasteiger charge is -2.42. The Morgan fingerprint density at radius 2 is 1.81 bits per heavy atom. The third-order valence-electron chi connectivity index (χ3n) is 7.43. The van der Waals surface area contributed by atoms with Crippen molar-refractivity contribution < 1.29 is 14.3 Å². The van der Waals surface area contributed by atoms with Crippen LogP contribution in [0.3, 0.4) is 0 Å². The minimum absolute atomic E-state index is 0.0558. The molecule has 2 aliphatic rings. The van der Waals surface area contributed by atoms with Gasteiger partial charge in [0.1, 0.15) is 11.6 Å². The molecule has 1 aliphatic carbocycles. The third kappa shape index (κ3) is 5.41. The first-order valence-electron chi connectivity index (χ1n) is 13.0. The summed E-state index contributed by atoms with van der Waals surface area (Å²) in [7, 11) is 1.56. The summed E-state index contributed by atoms with van der Waals surface area (Å²) in [5, 5.41) is 4.25. The van der Waals surface area contributed by atoms with Gasteiger partial charge in [-0.3, -0.25) is 4.90 Å². The Morgan fingerprint density at radius 3 is 2.46 bits per heavy atom. The van der Waals surface area contributed by atoms with E-state index in [1.165, 1.54) is 19.3 Å². The smallest absolute Gasteiger partial charge is 0.415 e. The number of nitrogens with zero attached hydrogens (tertiary/aromatic N) is 4. The van der Waals surface area contributed by atoms with Crippen LogP contribution in [0.1, 0.15) is 49.2 Å². The zero-order chi connectivity index (χ0) is 26.1. The summed E-state index contributed by atoms with van der Waals surface area (Å²) in [6.45, 7) is 9.04. The van der Waals surface area contributed by atoms with Crippen molar-refractivity contribution in [2.75, 3.05) is 44.3 Å². The molecule has 1 amide bonds. The summed E-state index contributed by atoms with van der Waals surface area (Å²) in [5.41, 5.74) is 9.66. The third-order valence-corrected chi connectivity index (χ3v) is 7.43. The number of methoxy groups -OCH3 is 1. The number of piperazine rings is 1. The highest BCUT2D eigenvalue weighted by atomic mass is 16.6. The molecule has 1 saturated heterocycles. The predicted octanol–water partition coefficient (Wildman–Crippen LogP) is 4.68. The van der Waals surface area contributed by atoms with Gasteiger partial charge in [-0.15, -0.1) is 0 Å². The SMILES string of the molecule is COc1cc2nc(C)nc(N[C@H](C)c3cc(C)cc(N)c3)c2cc1OC(=O)N1CCN(C2CCC2)CC1. The number of amides is 1. The number of carbonyl (C=O) groups excluding carboxylic acids is 1. The highest BCUT2D eigenvalue weighted by molar-refractivity contribution is 5.92. The van der Waals surface area contributed by atoms with E-state index < -0.39 is 0 Å². The Hall–Kier alpha value is -3.59. The second-order valence-electron chi connectivity index (χ2n) is 10.2. The Kier molecular flexibility index (Phi) is 7.06. The van der Waals surface area contributed by atoms with E-state index in [1.807, 2.05) is 26.0 Å². The molecule has 2 aromatic carbocycles. The number of nitrogens with two attached hydrogens (primary N) is 1. The van der Waals surface area contributed by atoms with Gasteiger partial charge in [0.25, 0.3) is 0 Å². The Bertz CT molecular complexity index is 1280. The largest absolute Gasteiger partial charge is 0.493 e. The van der Waals surface area contributed by atoms with Crippen LogP contribution in [0.2, 0.25) is 0 Å². The Balaban J connectivity index is 1.38. The van der Waals surface area contributed by atoms with Gasteiger partial charge >= 0.3 is 6.09 Å². The van der Waals surface area contributed by atoms with E-state index in [-0.39, 0.29) is 12.1 Å². The van der Waals surface area contributed by atoms with Gasteiger partial charge in [0.05, 0.1) is 18.7 Å². The molecule has 0 radical (unpaired) electrons. The Labute approximate surface area is 218 Å². The molecule has 0 bridgehead atoms. The second kappa shape index (κ2) is 10.4. The molecule has 0 spiro atoms. The number of aromatic nitrogens is 2. The first-order valence-corrected chi connectivity index (χ1v) is 13.0. The van der Waals surface area contributed by atoms with Crippen LogP contribution in [0, 0.1) is 13.8 Å². The maximum atomic E-state index is 13.1. The van der Waals surface area contributed by atoms with E-state index in [2.05, 4.69) is 33.2 Å². The number of carbonyl (C=O) groups is 1. The van der Waals surface area contributed by atoms with Crippen LogP contribution < -0.4 is 20.5 Å². The molecule has 3 aromatic rings. The number of hydrogen-bond donors (Lipinski definition) is 2. The number of nitrogens with one attached hydrogen (secondary N) is 1. The molecule has 0 unspecified atom stereocenters. The number of aryl methyl sites for hydroxylation is 2. The van der Waals surface area contributed by atoms with Crippen molar-refractivity contribution in [3.05, 3.63) is 47.3 Å². The summed E-state index contributed by atoms with van der Waals surface area (Å²) < 4.78 is 11.4. The van der Waals surface area contributed by atoms with E-state index in [0.29, 0.717) is 47.8 Å². The fourth-order valence-electron chi connectivity index (χ4n) is 5.16. The summed E-state index contributed by atoms with van der Waals surface area (Å²) >= 11 is 0. The molecule has 9 nitrogen and oxygen atoms in total. The molecule has 196 valence electrons. The molecule has 1 aromatic heterocycles. The molecular formula is C28H36N6O3. The van der Waals surface area contributed by atoms with Gasteiger partial charge in [-0.05, 0) is 62.9 Å². The van der Waals surface area contributed by atoms with Crippen LogP contribution in [-0.4, -0.2) is 65.2 Å². The zero-order valence-corrected chi connectivity index (χ0v) is 22.1. The lowest BCUT2D eigenvalue weighted by Crippen LogP contribution is -2.54. The number of rotatable bonds is 6. The second-order valence-corrected chi connectivity index (χ2v) is 10.2. The fourth-order valence-corrected chi connectivity index (χ4v) is 5.16. The van der Waals surface area contributed by atoms with Gasteiger partial charge in [0.2, 0.25) is 0 Å². The first kappa shape index (κ1) is 25.1. The van der Waals surface area contributed by atoms with E-state index in [0.717, 1.165) is 35.3 Å². The highest BCUT2D eigenvalue weighted by Gasteiger charge is 2.30. The number of nitrogen functional groups attached to an aromatic ring is 1. The summed E-state index contributed by atoms with van der Waals surface area (Å²) in [6.07, 6.45) is 3.49. The molecule has 1 saturated carbocycles. The number of ether oxygens (including phenoxy) is 2. The fraction of sp³-hybridized carbons (Fsp3) is 0.464. The van der Waals surface area contributed by atoms with Crippen LogP contribution >= 0.6 is 0 Å². The molecule has 1 aliphatic heterocycles. The van der Waals surface area contributed by atoms with Crippen molar-refractivity contribution >= 4 is 28.5 Å². The van der Waals surface area contributed by atoms with Gasteiger partial charge in [-0.2, -0.15) is 0 Å². The van der Waals surface area contributed by atoms with Crippen molar-refractivity contribution in [2.45, 2.75) is 52.1 Å². The summed E-state index contributed by atoms with van der Waals surface area (Å²) in [4.78, 5) is 26.6. The van der Waals surface area contributed by atoms with Gasteiger partial charge in [0.15, 0.2) is 11.5 Å². The molecule has 37 heavy (non-hydrogen) atoms. The first-order chi connectivity index (χ1) is 17.8. The predicted molar refractivity (Wildman–Crippen MR) is 145 cm³/mol. The maximum Gasteiger partial charge on any atom is 0.415 e. The summed E-state index contributed by atoms with van der Waals surface area (Å²) in [6, 6.07) is 10.2. The minimum Gasteiger partial charge on any atom is -0.493 e. The highest BCUT2D eigenvalue weighted by Crippen LogP contribution is 2.36. The number of fused-ring (bicyclic) bond motifs is 1. The van der Waals surface area contributed by atoms with Gasteiger partial charge in [-0.1, -0.05) is 12.5 Å². The molecule has 3 N–H and O–H groups in total. The van der Waals surface area contributed by atoms with Crippen LogP contribution in [0.5, 0.6) is 11.5 Å². The lowest BCUT2D eigenvalue weighted by atomic mass is 9.91. The quantitative estimate of drug-likeness (QED) is 0.466. The van der Waals surface area contributed by atoms with Crippen LogP contribution in [-0.2, 0) is 0 Å². The standard InChI is InChI=1S/C28H36N6O3/c1-17-12-20(14-21(29)13-17)18(2)30-27-23-15-26(25(36-4)16-24(23)31-19(3)32-27)37-28(35)34-10-8-33(9-11-34)22-6-5-7-22/h12-16,18,22H,5-11,29H2,1-4H3,(H,30,31,32)/t18-/m1/s1. The Morgan fingerprint density at radius 1 is 1.05 bits per heavy atom. The normalized spacial score (nSPS) is 17.4. The average molecular weight is 505 g/mol. The maximum absolute atomic E-state index is 13.1. The molecule has 9 heteroatoms. The van der Waals surface area contributed by atoms with Crippen LogP contribution in [0.15, 0.2) is 30.3 Å². The van der Waals surface area contributed by atoms with Gasteiger partial charge in [-0.25, -0.2) is 14.8 Å². The van der Waals surface area contributed by atoms with Crippen molar-refractivity contribution in [1.82, 2.24) is 19.8 Å². The van der Waals surface area contributed by atoms with Gasteiger partial charge in [0, 0.05) is 49.4 Å². The van der Waals surface area contributed by atoms with Crippen LogP contribution in [0.4, 0.5) is 16.3 Å². The zero-order valence-electron chi connectivity index (χ0n) is 22.1.